The molecule has 0 radical (unpaired) electrons. The number of carbonyl (C=O) groups excluding carboxylic acids is 2. The Morgan fingerprint density at radius 1 is 1.09 bits per heavy atom. The van der Waals surface area contributed by atoms with Crippen LogP contribution in [-0.4, -0.2) is 32.9 Å². The van der Waals surface area contributed by atoms with E-state index in [2.05, 4.69) is 15.6 Å². The molecule has 0 aliphatic carbocycles. The van der Waals surface area contributed by atoms with Crippen LogP contribution in [0.4, 0.5) is 10.1 Å². The first-order valence-corrected chi connectivity index (χ1v) is 10.0. The number of hydrogen-bond donors (Lipinski definition) is 3. The van der Waals surface area contributed by atoms with E-state index in [1.165, 1.54) is 18.3 Å². The van der Waals surface area contributed by atoms with Crippen LogP contribution in [0.2, 0.25) is 5.02 Å². The van der Waals surface area contributed by atoms with Crippen molar-refractivity contribution in [1.29, 1.82) is 0 Å². The Labute approximate surface area is 187 Å². The van der Waals surface area contributed by atoms with Crippen molar-refractivity contribution in [1.82, 2.24) is 14.7 Å². The predicted molar refractivity (Wildman–Crippen MR) is 118 cm³/mol. The largest absolute Gasteiger partial charge is 0.387 e. The molecule has 3 N–H and O–H groups in total. The predicted octanol–water partition coefficient (Wildman–Crippen LogP) is 3.84. The zero-order chi connectivity index (χ0) is 22.7. The van der Waals surface area contributed by atoms with Gasteiger partial charge in [0.1, 0.15) is 17.2 Å². The minimum absolute atomic E-state index is 0.0542. The third-order valence-corrected chi connectivity index (χ3v) is 5.09. The van der Waals surface area contributed by atoms with E-state index in [1.54, 1.807) is 53.1 Å². The number of imidazole rings is 1. The molecule has 4 rings (SSSR count). The lowest BCUT2D eigenvalue weighted by Crippen LogP contribution is -2.28. The number of nitrogens with one attached hydrogen (secondary N) is 2. The lowest BCUT2D eigenvalue weighted by atomic mass is 10.1. The van der Waals surface area contributed by atoms with Gasteiger partial charge in [0.25, 0.3) is 11.8 Å². The zero-order valence-electron chi connectivity index (χ0n) is 16.6. The number of fused-ring (bicyclic) bond motifs is 1. The fraction of sp³-hybridized carbons (Fsp3) is 0.0870. The van der Waals surface area contributed by atoms with Gasteiger partial charge in [0.05, 0.1) is 18.0 Å². The fourth-order valence-electron chi connectivity index (χ4n) is 3.14. The molecule has 0 spiro atoms. The van der Waals surface area contributed by atoms with Gasteiger partial charge in [-0.3, -0.25) is 14.0 Å². The number of hydrogen-bond acceptors (Lipinski definition) is 4. The van der Waals surface area contributed by atoms with Crippen molar-refractivity contribution in [3.8, 4) is 0 Å². The average molecular weight is 453 g/mol. The highest BCUT2D eigenvalue weighted by molar-refractivity contribution is 6.30. The maximum Gasteiger partial charge on any atom is 0.274 e. The molecule has 2 heterocycles. The molecule has 9 heteroatoms. The fourth-order valence-corrected chi connectivity index (χ4v) is 3.27. The molecule has 0 bridgehead atoms. The third kappa shape index (κ3) is 4.61. The summed E-state index contributed by atoms with van der Waals surface area (Å²) in [5.74, 6) is -1.79. The van der Waals surface area contributed by atoms with Crippen LogP contribution < -0.4 is 10.6 Å². The summed E-state index contributed by atoms with van der Waals surface area (Å²) in [5.41, 5.74) is 1.37. The smallest absolute Gasteiger partial charge is 0.274 e. The molecule has 0 saturated carbocycles. The van der Waals surface area contributed by atoms with Crippen molar-refractivity contribution < 1.29 is 19.1 Å². The Bertz CT molecular complexity index is 1290. The third-order valence-electron chi connectivity index (χ3n) is 4.84. The van der Waals surface area contributed by atoms with Crippen LogP contribution in [0.15, 0.2) is 73.1 Å². The second kappa shape index (κ2) is 9.17. The number of anilines is 1. The van der Waals surface area contributed by atoms with Gasteiger partial charge in [0, 0.05) is 23.3 Å². The van der Waals surface area contributed by atoms with E-state index in [1.807, 2.05) is 0 Å². The highest BCUT2D eigenvalue weighted by Gasteiger charge is 2.17. The summed E-state index contributed by atoms with van der Waals surface area (Å²) in [6, 6.07) is 15.5. The van der Waals surface area contributed by atoms with Gasteiger partial charge in [0.15, 0.2) is 0 Å². The van der Waals surface area contributed by atoms with Crippen molar-refractivity contribution >= 4 is 34.7 Å². The van der Waals surface area contributed by atoms with Gasteiger partial charge in [-0.1, -0.05) is 29.8 Å². The van der Waals surface area contributed by atoms with Crippen molar-refractivity contribution in [2.45, 2.75) is 6.10 Å². The van der Waals surface area contributed by atoms with Crippen molar-refractivity contribution in [2.24, 2.45) is 0 Å². The number of aliphatic hydroxyl groups is 1. The molecule has 0 saturated heterocycles. The van der Waals surface area contributed by atoms with Gasteiger partial charge in [-0.15, -0.1) is 0 Å². The Hall–Kier alpha value is -3.75. The number of aliphatic hydroxyl groups excluding tert-OH is 1. The Kier molecular flexibility index (Phi) is 6.16. The van der Waals surface area contributed by atoms with E-state index < -0.39 is 23.7 Å². The Morgan fingerprint density at radius 3 is 2.66 bits per heavy atom. The van der Waals surface area contributed by atoms with Crippen LogP contribution in [0.25, 0.3) is 5.65 Å². The van der Waals surface area contributed by atoms with Gasteiger partial charge >= 0.3 is 0 Å². The maximum atomic E-state index is 14.3. The number of aromatic nitrogens is 2. The second-order valence-electron chi connectivity index (χ2n) is 7.00. The topological polar surface area (TPSA) is 95.7 Å². The van der Waals surface area contributed by atoms with Crippen LogP contribution in [0, 0.1) is 5.82 Å². The SMILES string of the molecule is O=C(NC[C@H](O)c1ccc(Cl)cc1)c1ccc(F)c(NC(=O)c2cnc3ccccn23)c1. The minimum atomic E-state index is -0.939. The molecule has 2 aromatic carbocycles. The first-order chi connectivity index (χ1) is 15.4. The number of nitrogens with zero attached hydrogens (tertiary/aromatic N) is 2. The first-order valence-electron chi connectivity index (χ1n) is 9.67. The number of pyridine rings is 1. The molecule has 1 atom stereocenters. The second-order valence-corrected chi connectivity index (χ2v) is 7.43. The average Bonchev–Trinajstić information content (AvgIpc) is 3.23. The van der Waals surface area contributed by atoms with Crippen LogP contribution >= 0.6 is 11.6 Å². The van der Waals surface area contributed by atoms with Crippen LogP contribution in [0.5, 0.6) is 0 Å². The molecule has 0 aliphatic rings. The van der Waals surface area contributed by atoms with Gasteiger partial charge in [-0.05, 0) is 48.0 Å². The van der Waals surface area contributed by atoms with E-state index in [9.17, 15) is 19.1 Å². The molecule has 0 fully saturated rings. The minimum Gasteiger partial charge on any atom is -0.387 e. The highest BCUT2D eigenvalue weighted by atomic mass is 35.5. The quantitative estimate of drug-likeness (QED) is 0.414. The van der Waals surface area contributed by atoms with E-state index in [0.29, 0.717) is 16.2 Å². The summed E-state index contributed by atoms with van der Waals surface area (Å²) < 4.78 is 15.9. The molecule has 0 aliphatic heterocycles. The molecule has 0 unspecified atom stereocenters. The Morgan fingerprint density at radius 2 is 1.88 bits per heavy atom. The molecule has 2 amide bonds. The normalized spacial score (nSPS) is 11.8. The van der Waals surface area contributed by atoms with E-state index in [4.69, 9.17) is 11.6 Å². The standard InChI is InChI=1S/C23H18ClFN4O3/c24-16-7-4-14(5-8-16)20(30)13-27-22(31)15-6-9-17(25)18(11-15)28-23(32)19-12-26-21-3-1-2-10-29(19)21/h1-12,20,30H,13H2,(H,27,31)(H,28,32)/t20-/m0/s1. The molecule has 32 heavy (non-hydrogen) atoms. The number of rotatable bonds is 6. The number of amides is 2. The first kappa shape index (κ1) is 21.5. The summed E-state index contributed by atoms with van der Waals surface area (Å²) in [5, 5.41) is 15.8. The lowest BCUT2D eigenvalue weighted by Gasteiger charge is -2.13. The highest BCUT2D eigenvalue weighted by Crippen LogP contribution is 2.19. The summed E-state index contributed by atoms with van der Waals surface area (Å²) in [4.78, 5) is 29.3. The number of carbonyl (C=O) groups is 2. The van der Waals surface area contributed by atoms with Gasteiger partial charge < -0.3 is 15.7 Å². The summed E-state index contributed by atoms with van der Waals surface area (Å²) >= 11 is 5.83. The lowest BCUT2D eigenvalue weighted by molar-refractivity contribution is 0.0915. The van der Waals surface area contributed by atoms with Crippen molar-refractivity contribution in [3.05, 3.63) is 101 Å². The molecule has 162 valence electrons. The molecule has 4 aromatic rings. The number of halogens is 2. The maximum absolute atomic E-state index is 14.3. The zero-order valence-corrected chi connectivity index (χ0v) is 17.4. The number of benzene rings is 2. The van der Waals surface area contributed by atoms with Crippen LogP contribution in [0.3, 0.4) is 0 Å². The van der Waals surface area contributed by atoms with Gasteiger partial charge in [0.2, 0.25) is 0 Å². The molecular formula is C23H18ClFN4O3. The van der Waals surface area contributed by atoms with Crippen LogP contribution in [-0.2, 0) is 0 Å². The van der Waals surface area contributed by atoms with Crippen LogP contribution in [0.1, 0.15) is 32.5 Å². The summed E-state index contributed by atoms with van der Waals surface area (Å²) in [6.45, 7) is -0.0542. The van der Waals surface area contributed by atoms with E-state index in [0.717, 1.165) is 6.07 Å². The summed E-state index contributed by atoms with van der Waals surface area (Å²) in [7, 11) is 0. The van der Waals surface area contributed by atoms with E-state index in [-0.39, 0.29) is 23.5 Å². The Balaban J connectivity index is 1.45. The van der Waals surface area contributed by atoms with Gasteiger partial charge in [-0.2, -0.15) is 0 Å². The molecular weight excluding hydrogens is 435 g/mol. The van der Waals surface area contributed by atoms with Crippen molar-refractivity contribution in [3.63, 3.8) is 0 Å². The van der Waals surface area contributed by atoms with E-state index >= 15 is 0 Å². The van der Waals surface area contributed by atoms with Crippen molar-refractivity contribution in [2.75, 3.05) is 11.9 Å². The summed E-state index contributed by atoms with van der Waals surface area (Å²) in [6.07, 6.45) is 2.12. The monoisotopic (exact) mass is 452 g/mol. The van der Waals surface area contributed by atoms with Gasteiger partial charge in [-0.25, -0.2) is 9.37 Å². The molecule has 2 aromatic heterocycles. The molecule has 7 nitrogen and oxygen atoms in total.